The summed E-state index contributed by atoms with van der Waals surface area (Å²) in [7, 11) is 1.38. The van der Waals surface area contributed by atoms with Gasteiger partial charge >= 0.3 is 5.97 Å². The number of allylic oxidation sites excluding steroid dienone is 2. The van der Waals surface area contributed by atoms with Crippen LogP contribution in [0.15, 0.2) is 12.2 Å². The first kappa shape index (κ1) is 9.26. The van der Waals surface area contributed by atoms with Gasteiger partial charge in [-0.1, -0.05) is 12.2 Å². The highest BCUT2D eigenvalue weighted by molar-refractivity contribution is 5.77. The van der Waals surface area contributed by atoms with Crippen LogP contribution >= 0.6 is 0 Å². The van der Waals surface area contributed by atoms with Crippen molar-refractivity contribution in [3.8, 4) is 0 Å². The number of methoxy groups -OCH3 is 1. The highest BCUT2D eigenvalue weighted by Crippen LogP contribution is 2.27. The maximum Gasteiger partial charge on any atom is 0.337 e. The van der Waals surface area contributed by atoms with Gasteiger partial charge in [0.2, 0.25) is 0 Å². The Morgan fingerprint density at radius 2 is 2.42 bits per heavy atom. The second kappa shape index (κ2) is 4.26. The summed E-state index contributed by atoms with van der Waals surface area (Å²) in [4.78, 5) is 10.9. The second-order valence-electron chi connectivity index (χ2n) is 2.76. The maximum atomic E-state index is 10.9. The molecular formula is C9H14O3. The van der Waals surface area contributed by atoms with Crippen molar-refractivity contribution >= 4 is 5.97 Å². The van der Waals surface area contributed by atoms with Gasteiger partial charge in [-0.3, -0.25) is 0 Å². The van der Waals surface area contributed by atoms with E-state index in [9.17, 15) is 4.79 Å². The normalized spacial score (nSPS) is 27.5. The van der Waals surface area contributed by atoms with Crippen LogP contribution in [-0.2, 0) is 14.3 Å². The molecule has 0 aromatic heterocycles. The molecule has 0 radical (unpaired) electrons. The zero-order chi connectivity index (χ0) is 8.97. The molecule has 1 heterocycles. The Bertz CT molecular complexity index is 186. The van der Waals surface area contributed by atoms with E-state index in [1.54, 1.807) is 0 Å². The Morgan fingerprint density at radius 1 is 1.67 bits per heavy atom. The SMILES string of the molecule is C/C=C/CC[C@@H]1O[C@H]1C(=O)OC. The largest absolute Gasteiger partial charge is 0.467 e. The molecule has 2 atom stereocenters. The molecule has 1 rings (SSSR count). The van der Waals surface area contributed by atoms with Crippen LogP contribution in [0.2, 0.25) is 0 Å². The fraction of sp³-hybridized carbons (Fsp3) is 0.667. The quantitative estimate of drug-likeness (QED) is 0.362. The molecule has 0 bridgehead atoms. The minimum atomic E-state index is -0.291. The van der Waals surface area contributed by atoms with Crippen molar-refractivity contribution in [1.82, 2.24) is 0 Å². The van der Waals surface area contributed by atoms with E-state index in [1.165, 1.54) is 7.11 Å². The summed E-state index contributed by atoms with van der Waals surface area (Å²) in [5.74, 6) is -0.250. The number of carbonyl (C=O) groups excluding carboxylic acids is 1. The molecular weight excluding hydrogens is 156 g/mol. The average Bonchev–Trinajstić information content (AvgIpc) is 2.83. The van der Waals surface area contributed by atoms with Crippen molar-refractivity contribution in [2.75, 3.05) is 7.11 Å². The summed E-state index contributed by atoms with van der Waals surface area (Å²) in [6.07, 6.45) is 5.73. The molecule has 0 spiro atoms. The van der Waals surface area contributed by atoms with Crippen LogP contribution in [-0.4, -0.2) is 25.3 Å². The van der Waals surface area contributed by atoms with Gasteiger partial charge in [0.1, 0.15) is 0 Å². The number of hydrogen-bond acceptors (Lipinski definition) is 3. The lowest BCUT2D eigenvalue weighted by atomic mass is 10.2. The standard InChI is InChI=1S/C9H14O3/c1-3-4-5-6-7-8(12-7)9(10)11-2/h3-4,7-8H,5-6H2,1-2H3/b4-3+/t7-,8+/m0/s1. The molecule has 1 aliphatic rings. The van der Waals surface area contributed by atoms with Crippen molar-refractivity contribution in [3.63, 3.8) is 0 Å². The van der Waals surface area contributed by atoms with E-state index in [2.05, 4.69) is 10.8 Å². The van der Waals surface area contributed by atoms with Crippen molar-refractivity contribution in [3.05, 3.63) is 12.2 Å². The van der Waals surface area contributed by atoms with Gasteiger partial charge in [0.25, 0.3) is 0 Å². The summed E-state index contributed by atoms with van der Waals surface area (Å²) in [6, 6.07) is 0. The van der Waals surface area contributed by atoms with E-state index in [-0.39, 0.29) is 18.2 Å². The monoisotopic (exact) mass is 170 g/mol. The Hall–Kier alpha value is -0.830. The van der Waals surface area contributed by atoms with Crippen molar-refractivity contribution in [2.45, 2.75) is 32.0 Å². The fourth-order valence-electron chi connectivity index (χ4n) is 1.11. The third-order valence-corrected chi connectivity index (χ3v) is 1.87. The van der Waals surface area contributed by atoms with Gasteiger partial charge in [-0.05, 0) is 19.8 Å². The van der Waals surface area contributed by atoms with Crippen LogP contribution in [0.4, 0.5) is 0 Å². The van der Waals surface area contributed by atoms with E-state index in [1.807, 2.05) is 13.0 Å². The van der Waals surface area contributed by atoms with Gasteiger partial charge in [-0.2, -0.15) is 0 Å². The van der Waals surface area contributed by atoms with E-state index in [0.29, 0.717) is 0 Å². The second-order valence-corrected chi connectivity index (χ2v) is 2.76. The van der Waals surface area contributed by atoms with Crippen LogP contribution < -0.4 is 0 Å². The predicted molar refractivity (Wildman–Crippen MR) is 44.7 cm³/mol. The first-order valence-corrected chi connectivity index (χ1v) is 4.14. The summed E-state index contributed by atoms with van der Waals surface area (Å²) >= 11 is 0. The Morgan fingerprint density at radius 3 is 3.00 bits per heavy atom. The Balaban J connectivity index is 2.11. The van der Waals surface area contributed by atoms with Crippen molar-refractivity contribution < 1.29 is 14.3 Å². The molecule has 3 heteroatoms. The third kappa shape index (κ3) is 2.34. The molecule has 0 amide bonds. The summed E-state index contributed by atoms with van der Waals surface area (Å²) < 4.78 is 9.64. The van der Waals surface area contributed by atoms with Gasteiger partial charge < -0.3 is 9.47 Å². The molecule has 1 saturated heterocycles. The lowest BCUT2D eigenvalue weighted by Crippen LogP contribution is -2.11. The number of hydrogen-bond donors (Lipinski definition) is 0. The Kier molecular flexibility index (Phi) is 3.29. The van der Waals surface area contributed by atoms with Crippen molar-refractivity contribution in [2.24, 2.45) is 0 Å². The topological polar surface area (TPSA) is 38.8 Å². The summed E-state index contributed by atoms with van der Waals surface area (Å²) in [6.45, 7) is 1.98. The van der Waals surface area contributed by atoms with Gasteiger partial charge in [0.05, 0.1) is 13.2 Å². The molecule has 1 fully saturated rings. The van der Waals surface area contributed by atoms with Crippen LogP contribution in [0.3, 0.4) is 0 Å². The van der Waals surface area contributed by atoms with Gasteiger partial charge in [-0.15, -0.1) is 0 Å². The minimum Gasteiger partial charge on any atom is -0.467 e. The average molecular weight is 170 g/mol. The van der Waals surface area contributed by atoms with E-state index >= 15 is 0 Å². The lowest BCUT2D eigenvalue weighted by molar-refractivity contribution is -0.142. The molecule has 0 aromatic rings. The zero-order valence-corrected chi connectivity index (χ0v) is 7.45. The zero-order valence-electron chi connectivity index (χ0n) is 7.45. The number of rotatable bonds is 4. The predicted octanol–water partition coefficient (Wildman–Crippen LogP) is 1.28. The summed E-state index contributed by atoms with van der Waals surface area (Å²) in [5, 5.41) is 0. The fourth-order valence-corrected chi connectivity index (χ4v) is 1.11. The van der Waals surface area contributed by atoms with E-state index < -0.39 is 0 Å². The highest BCUT2D eigenvalue weighted by Gasteiger charge is 2.45. The van der Waals surface area contributed by atoms with E-state index in [4.69, 9.17) is 4.74 Å². The molecule has 0 unspecified atom stereocenters. The van der Waals surface area contributed by atoms with Crippen LogP contribution in [0, 0.1) is 0 Å². The number of esters is 1. The van der Waals surface area contributed by atoms with Crippen LogP contribution in [0.5, 0.6) is 0 Å². The minimum absolute atomic E-state index is 0.0913. The summed E-state index contributed by atoms with van der Waals surface area (Å²) in [5.41, 5.74) is 0. The molecule has 0 N–H and O–H groups in total. The van der Waals surface area contributed by atoms with Gasteiger partial charge in [-0.25, -0.2) is 4.79 Å². The Labute approximate surface area is 72.4 Å². The number of ether oxygens (including phenoxy) is 2. The first-order valence-electron chi connectivity index (χ1n) is 4.14. The molecule has 68 valence electrons. The molecule has 0 aliphatic carbocycles. The molecule has 12 heavy (non-hydrogen) atoms. The smallest absolute Gasteiger partial charge is 0.337 e. The number of carbonyl (C=O) groups is 1. The van der Waals surface area contributed by atoms with Crippen LogP contribution in [0.1, 0.15) is 19.8 Å². The molecule has 1 aliphatic heterocycles. The van der Waals surface area contributed by atoms with Gasteiger partial charge in [0, 0.05) is 0 Å². The van der Waals surface area contributed by atoms with E-state index in [0.717, 1.165) is 12.8 Å². The van der Waals surface area contributed by atoms with Gasteiger partial charge in [0.15, 0.2) is 6.10 Å². The first-order chi connectivity index (χ1) is 5.79. The maximum absolute atomic E-state index is 10.9. The molecule has 0 saturated carbocycles. The number of epoxide rings is 1. The lowest BCUT2D eigenvalue weighted by Gasteiger charge is -1.91. The van der Waals surface area contributed by atoms with Crippen molar-refractivity contribution in [1.29, 1.82) is 0 Å². The molecule has 3 nitrogen and oxygen atoms in total. The van der Waals surface area contributed by atoms with Crippen LogP contribution in [0.25, 0.3) is 0 Å². The molecule has 0 aromatic carbocycles. The highest BCUT2D eigenvalue weighted by atomic mass is 16.6. The third-order valence-electron chi connectivity index (χ3n) is 1.87.